The van der Waals surface area contributed by atoms with E-state index in [1.54, 1.807) is 0 Å². The molecule has 1 amide bonds. The third kappa shape index (κ3) is 3.70. The molecule has 0 aromatic heterocycles. The first-order valence-electron chi connectivity index (χ1n) is 6.41. The summed E-state index contributed by atoms with van der Waals surface area (Å²) in [6, 6.07) is 5.80. The monoisotopic (exact) mass is 437 g/mol. The number of rotatable bonds is 2. The second-order valence-electron chi connectivity index (χ2n) is 4.99. The summed E-state index contributed by atoms with van der Waals surface area (Å²) in [6.45, 7) is 3.29. The van der Waals surface area contributed by atoms with E-state index in [-0.39, 0.29) is 12.0 Å². The standard InChI is InChI=1S/C14H17BrINO2/c1-9(18)10-4-6-17(7-5-10)14(19)12-8-11(16)2-3-13(12)15/h2-3,8-10,18H,4-7H2,1H3. The highest BCUT2D eigenvalue weighted by atomic mass is 127. The number of benzene rings is 1. The molecule has 2 rings (SSSR count). The van der Waals surface area contributed by atoms with Gasteiger partial charge in [-0.1, -0.05) is 0 Å². The predicted octanol–water partition coefficient (Wildman–Crippen LogP) is 3.29. The number of aliphatic hydroxyl groups excluding tert-OH is 1. The van der Waals surface area contributed by atoms with Gasteiger partial charge in [0.2, 0.25) is 0 Å². The van der Waals surface area contributed by atoms with E-state index >= 15 is 0 Å². The number of hydrogen-bond donors (Lipinski definition) is 1. The molecule has 5 heteroatoms. The van der Waals surface area contributed by atoms with Crippen LogP contribution < -0.4 is 0 Å². The Morgan fingerprint density at radius 3 is 2.68 bits per heavy atom. The van der Waals surface area contributed by atoms with Gasteiger partial charge < -0.3 is 10.0 Å². The van der Waals surface area contributed by atoms with Gasteiger partial charge in [0.1, 0.15) is 0 Å². The number of halogens is 2. The van der Waals surface area contributed by atoms with Crippen LogP contribution in [0.5, 0.6) is 0 Å². The van der Waals surface area contributed by atoms with Crippen molar-refractivity contribution in [3.8, 4) is 0 Å². The van der Waals surface area contributed by atoms with E-state index in [0.717, 1.165) is 39.5 Å². The van der Waals surface area contributed by atoms with Crippen LogP contribution in [-0.4, -0.2) is 35.1 Å². The number of carbonyl (C=O) groups is 1. The lowest BCUT2D eigenvalue weighted by Gasteiger charge is -2.33. The first-order chi connectivity index (χ1) is 8.99. The van der Waals surface area contributed by atoms with E-state index in [9.17, 15) is 9.90 Å². The first-order valence-corrected chi connectivity index (χ1v) is 8.28. The third-order valence-corrected chi connectivity index (χ3v) is 5.03. The van der Waals surface area contributed by atoms with Crippen LogP contribution in [0.1, 0.15) is 30.1 Å². The van der Waals surface area contributed by atoms with Gasteiger partial charge in [0.25, 0.3) is 5.91 Å². The zero-order chi connectivity index (χ0) is 14.0. The highest BCUT2D eigenvalue weighted by molar-refractivity contribution is 14.1. The summed E-state index contributed by atoms with van der Waals surface area (Å²) < 4.78 is 1.90. The number of likely N-dealkylation sites (tertiary alicyclic amines) is 1. The smallest absolute Gasteiger partial charge is 0.255 e. The summed E-state index contributed by atoms with van der Waals surface area (Å²) in [4.78, 5) is 14.4. The molecule has 1 fully saturated rings. The zero-order valence-corrected chi connectivity index (χ0v) is 14.5. The van der Waals surface area contributed by atoms with Gasteiger partial charge in [0.05, 0.1) is 11.7 Å². The molecule has 0 aliphatic carbocycles. The van der Waals surface area contributed by atoms with E-state index in [1.165, 1.54) is 0 Å². The van der Waals surface area contributed by atoms with Crippen molar-refractivity contribution in [1.29, 1.82) is 0 Å². The van der Waals surface area contributed by atoms with E-state index in [0.29, 0.717) is 5.92 Å². The van der Waals surface area contributed by atoms with E-state index in [4.69, 9.17) is 0 Å². The van der Waals surface area contributed by atoms with Crippen LogP contribution in [0.4, 0.5) is 0 Å². The molecule has 1 aliphatic heterocycles. The van der Waals surface area contributed by atoms with Crippen LogP contribution in [0, 0.1) is 9.49 Å². The Bertz CT molecular complexity index is 471. The Kier molecular flexibility index (Phi) is 5.25. The van der Waals surface area contributed by atoms with Crippen molar-refractivity contribution in [3.05, 3.63) is 31.8 Å². The van der Waals surface area contributed by atoms with Gasteiger partial charge in [-0.3, -0.25) is 4.79 Å². The molecule has 1 aromatic rings. The summed E-state index contributed by atoms with van der Waals surface area (Å²) in [5.74, 6) is 0.401. The average Bonchev–Trinajstić information content (AvgIpc) is 2.41. The molecule has 0 bridgehead atoms. The maximum Gasteiger partial charge on any atom is 0.255 e. The number of nitrogens with zero attached hydrogens (tertiary/aromatic N) is 1. The van der Waals surface area contributed by atoms with Gasteiger partial charge in [-0.2, -0.15) is 0 Å². The maximum atomic E-state index is 12.5. The second kappa shape index (κ2) is 6.54. The number of carbonyl (C=O) groups excluding carboxylic acids is 1. The molecule has 1 saturated heterocycles. The van der Waals surface area contributed by atoms with Gasteiger partial charge in [-0.25, -0.2) is 0 Å². The van der Waals surface area contributed by atoms with Crippen LogP contribution in [0.15, 0.2) is 22.7 Å². The molecule has 1 aliphatic rings. The fourth-order valence-corrected chi connectivity index (χ4v) is 3.32. The quantitative estimate of drug-likeness (QED) is 0.721. The number of amides is 1. The number of aliphatic hydroxyl groups is 1. The van der Waals surface area contributed by atoms with E-state index < -0.39 is 0 Å². The van der Waals surface area contributed by atoms with Crippen LogP contribution in [0.25, 0.3) is 0 Å². The Morgan fingerprint density at radius 1 is 1.47 bits per heavy atom. The highest BCUT2D eigenvalue weighted by Gasteiger charge is 2.26. The fraction of sp³-hybridized carbons (Fsp3) is 0.500. The lowest BCUT2D eigenvalue weighted by Crippen LogP contribution is -2.40. The molecule has 1 unspecified atom stereocenters. The van der Waals surface area contributed by atoms with Crippen LogP contribution in [0.3, 0.4) is 0 Å². The van der Waals surface area contributed by atoms with Crippen molar-refractivity contribution in [3.63, 3.8) is 0 Å². The SMILES string of the molecule is CC(O)C1CCN(C(=O)c2cc(I)ccc2Br)CC1. The molecule has 0 saturated carbocycles. The third-order valence-electron chi connectivity index (χ3n) is 3.67. The molecular formula is C14H17BrINO2. The van der Waals surface area contributed by atoms with Crippen molar-refractivity contribution in [1.82, 2.24) is 4.90 Å². The van der Waals surface area contributed by atoms with Crippen molar-refractivity contribution in [2.24, 2.45) is 5.92 Å². The van der Waals surface area contributed by atoms with E-state index in [2.05, 4.69) is 38.5 Å². The second-order valence-corrected chi connectivity index (χ2v) is 7.09. The summed E-state index contributed by atoms with van der Waals surface area (Å²) in [7, 11) is 0. The van der Waals surface area contributed by atoms with Crippen LogP contribution in [0.2, 0.25) is 0 Å². The normalized spacial score (nSPS) is 18.4. The Balaban J connectivity index is 2.07. The highest BCUT2D eigenvalue weighted by Crippen LogP contribution is 2.25. The van der Waals surface area contributed by atoms with Crippen LogP contribution >= 0.6 is 38.5 Å². The summed E-state index contributed by atoms with van der Waals surface area (Å²) >= 11 is 5.66. The topological polar surface area (TPSA) is 40.5 Å². The van der Waals surface area contributed by atoms with Gasteiger partial charge in [-0.15, -0.1) is 0 Å². The predicted molar refractivity (Wildman–Crippen MR) is 87.2 cm³/mol. The number of piperidine rings is 1. The average molecular weight is 438 g/mol. The fourth-order valence-electron chi connectivity index (χ4n) is 2.42. The molecule has 1 heterocycles. The Labute approximate surface area is 135 Å². The van der Waals surface area contributed by atoms with Gasteiger partial charge in [-0.05, 0) is 82.4 Å². The molecule has 1 N–H and O–H groups in total. The molecule has 3 nitrogen and oxygen atoms in total. The van der Waals surface area contributed by atoms with Crippen molar-refractivity contribution >= 4 is 44.4 Å². The van der Waals surface area contributed by atoms with Crippen molar-refractivity contribution in [2.45, 2.75) is 25.9 Å². The minimum atomic E-state index is -0.276. The summed E-state index contributed by atoms with van der Waals surface area (Å²) in [5, 5.41) is 9.59. The molecule has 104 valence electrons. The zero-order valence-electron chi connectivity index (χ0n) is 10.8. The largest absolute Gasteiger partial charge is 0.393 e. The maximum absolute atomic E-state index is 12.5. The molecule has 1 atom stereocenters. The van der Waals surface area contributed by atoms with Crippen LogP contribution in [-0.2, 0) is 0 Å². The molecule has 19 heavy (non-hydrogen) atoms. The van der Waals surface area contributed by atoms with Gasteiger partial charge >= 0.3 is 0 Å². The van der Waals surface area contributed by atoms with Crippen molar-refractivity contribution in [2.75, 3.05) is 13.1 Å². The molecule has 1 aromatic carbocycles. The lowest BCUT2D eigenvalue weighted by molar-refractivity contribution is 0.0520. The minimum Gasteiger partial charge on any atom is -0.393 e. The molecule has 0 radical (unpaired) electrons. The summed E-state index contributed by atoms with van der Waals surface area (Å²) in [5.41, 5.74) is 0.724. The first kappa shape index (κ1) is 15.3. The lowest BCUT2D eigenvalue weighted by atomic mass is 9.92. The molecule has 0 spiro atoms. The Hall–Kier alpha value is -0.140. The number of hydrogen-bond acceptors (Lipinski definition) is 2. The van der Waals surface area contributed by atoms with Gasteiger partial charge in [0, 0.05) is 21.1 Å². The van der Waals surface area contributed by atoms with E-state index in [1.807, 2.05) is 30.0 Å². The van der Waals surface area contributed by atoms with Gasteiger partial charge in [0.15, 0.2) is 0 Å². The minimum absolute atomic E-state index is 0.0782. The Morgan fingerprint density at radius 2 is 2.11 bits per heavy atom. The summed E-state index contributed by atoms with van der Waals surface area (Å²) in [6.07, 6.45) is 1.48. The molecular weight excluding hydrogens is 421 g/mol. The van der Waals surface area contributed by atoms with Crippen molar-refractivity contribution < 1.29 is 9.90 Å².